The van der Waals surface area contributed by atoms with Gasteiger partial charge < -0.3 is 5.32 Å². The zero-order chi connectivity index (χ0) is 17.8. The number of hydrogen-bond donors (Lipinski definition) is 1. The number of likely N-dealkylation sites (N-methyl/N-ethyl adjacent to an activating group) is 1. The molecule has 0 bridgehead atoms. The average molecular weight is 326 g/mol. The van der Waals surface area contributed by atoms with E-state index >= 15 is 0 Å². The van der Waals surface area contributed by atoms with Crippen molar-refractivity contribution in [1.29, 1.82) is 0 Å². The van der Waals surface area contributed by atoms with Crippen molar-refractivity contribution in [2.75, 3.05) is 7.05 Å². The van der Waals surface area contributed by atoms with Crippen LogP contribution in [0.15, 0.2) is 24.3 Å². The van der Waals surface area contributed by atoms with E-state index in [1.165, 1.54) is 31.2 Å². The molecule has 0 aliphatic heterocycles. The van der Waals surface area contributed by atoms with Gasteiger partial charge in [-0.15, -0.1) is 0 Å². The molecule has 1 fully saturated rings. The lowest BCUT2D eigenvalue weighted by Crippen LogP contribution is -2.38. The summed E-state index contributed by atoms with van der Waals surface area (Å²) >= 11 is 0. The smallest absolute Gasteiger partial charge is 0.0344 e. The van der Waals surface area contributed by atoms with Gasteiger partial charge in [0.1, 0.15) is 0 Å². The number of fused-ring (bicyclic) bond motifs is 1. The van der Waals surface area contributed by atoms with E-state index in [9.17, 15) is 0 Å². The van der Waals surface area contributed by atoms with Crippen LogP contribution >= 0.6 is 0 Å². The largest absolute Gasteiger partial charge is 0.313 e. The second-order valence-electron chi connectivity index (χ2n) is 9.43. The maximum Gasteiger partial charge on any atom is 0.0344 e. The fraction of sp³-hybridized carbons (Fsp3) is 0.652. The first kappa shape index (κ1) is 17.7. The van der Waals surface area contributed by atoms with Crippen molar-refractivity contribution >= 4 is 0 Å². The van der Waals surface area contributed by atoms with E-state index < -0.39 is 0 Å². The van der Waals surface area contributed by atoms with Crippen LogP contribution in [0.1, 0.15) is 82.6 Å². The Bertz CT molecular complexity index is 659. The van der Waals surface area contributed by atoms with Crippen molar-refractivity contribution in [1.82, 2.24) is 5.32 Å². The minimum Gasteiger partial charge on any atom is -0.313 e. The molecule has 3 rings (SSSR count). The van der Waals surface area contributed by atoms with E-state index in [4.69, 9.17) is 0 Å². The van der Waals surface area contributed by atoms with Crippen LogP contribution in [0.5, 0.6) is 0 Å². The highest BCUT2D eigenvalue weighted by Crippen LogP contribution is 2.55. The van der Waals surface area contributed by atoms with Crippen molar-refractivity contribution in [3.05, 3.63) is 46.5 Å². The lowest BCUT2D eigenvalue weighted by atomic mass is 9.62. The van der Waals surface area contributed by atoms with Crippen molar-refractivity contribution in [3.63, 3.8) is 0 Å². The maximum absolute atomic E-state index is 3.56. The molecule has 132 valence electrons. The van der Waals surface area contributed by atoms with Crippen LogP contribution in [-0.2, 0) is 16.2 Å². The Labute approximate surface area is 148 Å². The average Bonchev–Trinajstić information content (AvgIpc) is 3.30. The van der Waals surface area contributed by atoms with E-state index in [1.807, 2.05) is 0 Å². The summed E-state index contributed by atoms with van der Waals surface area (Å²) in [5.74, 6) is 0. The van der Waals surface area contributed by atoms with Crippen molar-refractivity contribution in [3.8, 4) is 0 Å². The Kier molecular flexibility index (Phi) is 4.23. The number of rotatable bonds is 4. The van der Waals surface area contributed by atoms with Crippen molar-refractivity contribution < 1.29 is 0 Å². The van der Waals surface area contributed by atoms with Crippen LogP contribution in [0.2, 0.25) is 0 Å². The number of nitrogens with one attached hydrogen (secondary N) is 1. The van der Waals surface area contributed by atoms with Gasteiger partial charge in [0.25, 0.3) is 0 Å². The third-order valence-electron chi connectivity index (χ3n) is 6.81. The van der Waals surface area contributed by atoms with E-state index in [0.717, 1.165) is 0 Å². The number of aryl methyl sites for hydroxylation is 1. The van der Waals surface area contributed by atoms with Crippen molar-refractivity contribution in [2.45, 2.75) is 89.5 Å². The second kappa shape index (κ2) is 5.73. The molecule has 1 heteroatoms. The molecular weight excluding hydrogens is 290 g/mol. The van der Waals surface area contributed by atoms with E-state index in [2.05, 4.69) is 78.2 Å². The zero-order valence-corrected chi connectivity index (χ0v) is 16.7. The number of benzene rings is 1. The van der Waals surface area contributed by atoms with Gasteiger partial charge in [0, 0.05) is 11.5 Å². The zero-order valence-electron chi connectivity index (χ0n) is 16.7. The molecule has 1 atom stereocenters. The summed E-state index contributed by atoms with van der Waals surface area (Å²) in [7, 11) is 2.10. The van der Waals surface area contributed by atoms with Gasteiger partial charge in [-0.3, -0.25) is 0 Å². The van der Waals surface area contributed by atoms with Crippen molar-refractivity contribution in [2.24, 2.45) is 0 Å². The summed E-state index contributed by atoms with van der Waals surface area (Å²) in [4.78, 5) is 0. The predicted octanol–water partition coefficient (Wildman–Crippen LogP) is 5.54. The molecule has 1 aromatic rings. The highest BCUT2D eigenvalue weighted by atomic mass is 14.9. The van der Waals surface area contributed by atoms with Crippen LogP contribution in [0.4, 0.5) is 0 Å². The van der Waals surface area contributed by atoms with Crippen LogP contribution in [0, 0.1) is 6.92 Å². The molecule has 1 aromatic carbocycles. The number of hydrogen-bond acceptors (Lipinski definition) is 1. The van der Waals surface area contributed by atoms with Gasteiger partial charge in [-0.25, -0.2) is 0 Å². The Balaban J connectivity index is 2.15. The molecular formula is C23H35N. The molecule has 1 saturated carbocycles. The van der Waals surface area contributed by atoms with Gasteiger partial charge in [0.05, 0.1) is 0 Å². The quantitative estimate of drug-likeness (QED) is 0.717. The molecule has 0 amide bonds. The monoisotopic (exact) mass is 325 g/mol. The third-order valence-corrected chi connectivity index (χ3v) is 6.81. The number of allylic oxidation sites excluding steroid dienone is 1. The Morgan fingerprint density at radius 1 is 0.917 bits per heavy atom. The minimum atomic E-state index is 0.291. The molecule has 0 radical (unpaired) electrons. The molecule has 1 nitrogen and oxygen atoms in total. The summed E-state index contributed by atoms with van der Waals surface area (Å²) in [6, 6.07) is 5.56. The molecule has 1 N–H and O–H groups in total. The Morgan fingerprint density at radius 3 is 1.92 bits per heavy atom. The highest BCUT2D eigenvalue weighted by Gasteiger charge is 2.51. The molecule has 1 unspecified atom stereocenters. The standard InChI is InChI=1S/C23H35N/c1-8-9-20(24-7)23(12-13-23)17-15-19-18(14-16(17)2)21(3,4)10-11-22(19,5)6/h8-9,14-15,20,24H,10-13H2,1-7H3/b9-8-. The summed E-state index contributed by atoms with van der Waals surface area (Å²) in [6.45, 7) is 14.2. The first-order chi connectivity index (χ1) is 11.2. The first-order valence-corrected chi connectivity index (χ1v) is 9.64. The molecule has 2 aliphatic carbocycles. The van der Waals surface area contributed by atoms with Gasteiger partial charge in [0.15, 0.2) is 0 Å². The topological polar surface area (TPSA) is 12.0 Å². The van der Waals surface area contributed by atoms with Gasteiger partial charge >= 0.3 is 0 Å². The summed E-state index contributed by atoms with van der Waals surface area (Å²) < 4.78 is 0. The summed E-state index contributed by atoms with van der Waals surface area (Å²) in [5.41, 5.74) is 7.16. The minimum absolute atomic E-state index is 0.291. The maximum atomic E-state index is 3.56. The molecule has 0 aromatic heterocycles. The van der Waals surface area contributed by atoms with Crippen LogP contribution in [-0.4, -0.2) is 13.1 Å². The summed E-state index contributed by atoms with van der Waals surface area (Å²) in [5, 5.41) is 3.56. The van der Waals surface area contributed by atoms with E-state index in [1.54, 1.807) is 16.7 Å². The Hall–Kier alpha value is -1.08. The molecule has 24 heavy (non-hydrogen) atoms. The van der Waals surface area contributed by atoms with Gasteiger partial charge in [-0.1, -0.05) is 52.0 Å². The second-order valence-corrected chi connectivity index (χ2v) is 9.43. The van der Waals surface area contributed by atoms with Gasteiger partial charge in [-0.2, -0.15) is 0 Å². The van der Waals surface area contributed by atoms with Crippen LogP contribution in [0.3, 0.4) is 0 Å². The lowest BCUT2D eigenvalue weighted by Gasteiger charge is -2.43. The highest BCUT2D eigenvalue weighted by molar-refractivity contribution is 5.51. The molecule has 0 heterocycles. The third kappa shape index (κ3) is 2.65. The molecule has 0 saturated heterocycles. The first-order valence-electron chi connectivity index (χ1n) is 9.64. The van der Waals surface area contributed by atoms with Crippen LogP contribution in [0.25, 0.3) is 0 Å². The SMILES string of the molecule is C/C=C\C(NC)C1(c2cc3c(cc2C)C(C)(C)CCC3(C)C)CC1. The summed E-state index contributed by atoms with van der Waals surface area (Å²) in [6.07, 6.45) is 9.71. The lowest BCUT2D eigenvalue weighted by molar-refractivity contribution is 0.330. The predicted molar refractivity (Wildman–Crippen MR) is 105 cm³/mol. The molecule has 2 aliphatic rings. The molecule has 0 spiro atoms. The Morgan fingerprint density at radius 2 is 1.46 bits per heavy atom. The van der Waals surface area contributed by atoms with Gasteiger partial charge in [-0.05, 0) is 79.7 Å². The van der Waals surface area contributed by atoms with Gasteiger partial charge in [0.2, 0.25) is 0 Å². The normalized spacial score (nSPS) is 24.6. The van der Waals surface area contributed by atoms with Crippen LogP contribution < -0.4 is 5.32 Å². The van der Waals surface area contributed by atoms with E-state index in [0.29, 0.717) is 22.3 Å². The fourth-order valence-corrected chi connectivity index (χ4v) is 4.89. The fourth-order valence-electron chi connectivity index (χ4n) is 4.89. The van der Waals surface area contributed by atoms with E-state index in [-0.39, 0.29) is 0 Å².